The zero-order chi connectivity index (χ0) is 21.3. The third-order valence-electron chi connectivity index (χ3n) is 4.96. The average Bonchev–Trinajstić information content (AvgIpc) is 2.98. The van der Waals surface area contributed by atoms with Gasteiger partial charge in [-0.1, -0.05) is 42.0 Å². The zero-order valence-electron chi connectivity index (χ0n) is 16.6. The van der Waals surface area contributed by atoms with Gasteiger partial charge in [-0.15, -0.1) is 5.06 Å². The molecule has 0 aromatic heterocycles. The van der Waals surface area contributed by atoms with E-state index < -0.39 is 23.7 Å². The summed E-state index contributed by atoms with van der Waals surface area (Å²) < 4.78 is 20.3. The number of hydroxylamine groups is 2. The summed E-state index contributed by atoms with van der Waals surface area (Å²) >= 11 is 0. The Morgan fingerprint density at radius 2 is 1.57 bits per heavy atom. The van der Waals surface area contributed by atoms with Crippen LogP contribution < -0.4 is 4.74 Å². The van der Waals surface area contributed by atoms with Crippen molar-refractivity contribution in [3.05, 3.63) is 100 Å². The fourth-order valence-corrected chi connectivity index (χ4v) is 3.26. The Bertz CT molecular complexity index is 1080. The molecule has 3 aromatic rings. The fraction of sp³-hybridized carbons (Fsp3) is 0.167. The van der Waals surface area contributed by atoms with Crippen LogP contribution in [0.15, 0.2) is 66.7 Å². The molecular formula is C24H20FNO4. The van der Waals surface area contributed by atoms with Crippen LogP contribution in [0.1, 0.15) is 50.4 Å². The predicted octanol–water partition coefficient (Wildman–Crippen LogP) is 5.00. The number of halogens is 1. The second-order valence-corrected chi connectivity index (χ2v) is 7.16. The number of amides is 2. The number of ether oxygens (including phenoxy) is 1. The number of carbonyl (C=O) groups excluding carboxylic acids is 2. The van der Waals surface area contributed by atoms with Gasteiger partial charge < -0.3 is 4.74 Å². The highest BCUT2D eigenvalue weighted by atomic mass is 19.1. The van der Waals surface area contributed by atoms with Gasteiger partial charge in [-0.05, 0) is 43.7 Å². The predicted molar refractivity (Wildman–Crippen MR) is 108 cm³/mol. The normalized spacial score (nSPS) is 14.0. The molecule has 4 rings (SSSR count). The van der Waals surface area contributed by atoms with E-state index in [1.165, 1.54) is 12.1 Å². The van der Waals surface area contributed by atoms with E-state index in [9.17, 15) is 14.0 Å². The highest BCUT2D eigenvalue weighted by Gasteiger charge is 2.37. The van der Waals surface area contributed by atoms with Crippen molar-refractivity contribution in [2.45, 2.75) is 26.6 Å². The first-order chi connectivity index (χ1) is 14.4. The molecule has 1 heterocycles. The molecule has 3 aromatic carbocycles. The van der Waals surface area contributed by atoms with E-state index >= 15 is 0 Å². The van der Waals surface area contributed by atoms with Gasteiger partial charge in [0.2, 0.25) is 0 Å². The van der Waals surface area contributed by atoms with E-state index in [1.807, 2.05) is 31.2 Å². The first-order valence-electron chi connectivity index (χ1n) is 9.56. The number of hydrogen-bond acceptors (Lipinski definition) is 4. The van der Waals surface area contributed by atoms with E-state index in [4.69, 9.17) is 9.57 Å². The van der Waals surface area contributed by atoms with Crippen molar-refractivity contribution in [3.63, 3.8) is 0 Å². The Labute approximate surface area is 173 Å². The molecular weight excluding hydrogens is 385 g/mol. The number of imide groups is 1. The monoisotopic (exact) mass is 405 g/mol. The Morgan fingerprint density at radius 3 is 2.17 bits per heavy atom. The summed E-state index contributed by atoms with van der Waals surface area (Å²) in [6, 6.07) is 18.8. The SMILES string of the molecule is Cc1ccc(COc2ccc(C(C)ON3C(=O)c4ccccc4C3=O)c(F)c2)cc1. The van der Waals surface area contributed by atoms with Crippen LogP contribution in [0.5, 0.6) is 5.75 Å². The van der Waals surface area contributed by atoms with Crippen LogP contribution in [0.2, 0.25) is 0 Å². The van der Waals surface area contributed by atoms with Crippen molar-refractivity contribution in [2.75, 3.05) is 0 Å². The Kier molecular flexibility index (Phi) is 5.33. The summed E-state index contributed by atoms with van der Waals surface area (Å²) in [5.74, 6) is -1.27. The molecule has 0 spiro atoms. The zero-order valence-corrected chi connectivity index (χ0v) is 16.6. The molecule has 1 unspecified atom stereocenters. The van der Waals surface area contributed by atoms with Gasteiger partial charge in [0.05, 0.1) is 11.1 Å². The van der Waals surface area contributed by atoms with Gasteiger partial charge in [-0.25, -0.2) is 4.39 Å². The van der Waals surface area contributed by atoms with Crippen LogP contribution in [0.4, 0.5) is 4.39 Å². The maximum absolute atomic E-state index is 14.7. The summed E-state index contributed by atoms with van der Waals surface area (Å²) in [5.41, 5.74) is 2.90. The van der Waals surface area contributed by atoms with Crippen LogP contribution >= 0.6 is 0 Å². The molecule has 1 atom stereocenters. The van der Waals surface area contributed by atoms with Gasteiger partial charge in [0.1, 0.15) is 24.3 Å². The van der Waals surface area contributed by atoms with Crippen molar-refractivity contribution in [2.24, 2.45) is 0 Å². The first kappa shape index (κ1) is 19.8. The molecule has 30 heavy (non-hydrogen) atoms. The highest BCUT2D eigenvalue weighted by Crippen LogP contribution is 2.29. The second-order valence-electron chi connectivity index (χ2n) is 7.16. The molecule has 152 valence electrons. The van der Waals surface area contributed by atoms with Gasteiger partial charge in [-0.3, -0.25) is 14.4 Å². The van der Waals surface area contributed by atoms with E-state index in [1.54, 1.807) is 37.3 Å². The Balaban J connectivity index is 1.43. The molecule has 1 aliphatic rings. The topological polar surface area (TPSA) is 55.8 Å². The Hall–Kier alpha value is -3.51. The number of aryl methyl sites for hydroxylation is 1. The third kappa shape index (κ3) is 3.82. The van der Waals surface area contributed by atoms with Crippen LogP contribution in [-0.2, 0) is 11.4 Å². The number of hydrogen-bond donors (Lipinski definition) is 0. The molecule has 6 heteroatoms. The number of benzene rings is 3. The molecule has 0 saturated heterocycles. The second kappa shape index (κ2) is 8.08. The summed E-state index contributed by atoms with van der Waals surface area (Å²) in [5, 5.41) is 0.691. The minimum Gasteiger partial charge on any atom is -0.489 e. The molecule has 5 nitrogen and oxygen atoms in total. The highest BCUT2D eigenvalue weighted by molar-refractivity contribution is 6.20. The lowest BCUT2D eigenvalue weighted by Crippen LogP contribution is -2.31. The molecule has 0 aliphatic carbocycles. The molecule has 2 amide bonds. The van der Waals surface area contributed by atoms with Crippen molar-refractivity contribution in [1.82, 2.24) is 5.06 Å². The van der Waals surface area contributed by atoms with Gasteiger partial charge >= 0.3 is 0 Å². The molecule has 0 fully saturated rings. The van der Waals surface area contributed by atoms with E-state index in [-0.39, 0.29) is 16.7 Å². The maximum atomic E-state index is 14.7. The molecule has 0 saturated carbocycles. The summed E-state index contributed by atoms with van der Waals surface area (Å²) in [7, 11) is 0. The van der Waals surface area contributed by atoms with Gasteiger partial charge in [0, 0.05) is 11.6 Å². The van der Waals surface area contributed by atoms with Gasteiger partial charge in [-0.2, -0.15) is 0 Å². The lowest BCUT2D eigenvalue weighted by Gasteiger charge is -2.20. The van der Waals surface area contributed by atoms with Gasteiger partial charge in [0.15, 0.2) is 0 Å². The number of rotatable bonds is 6. The molecule has 0 N–H and O–H groups in total. The Morgan fingerprint density at radius 1 is 0.933 bits per heavy atom. The van der Waals surface area contributed by atoms with Crippen molar-refractivity contribution in [1.29, 1.82) is 0 Å². The summed E-state index contributed by atoms with van der Waals surface area (Å²) in [6.45, 7) is 3.90. The minimum atomic E-state index is -0.849. The summed E-state index contributed by atoms with van der Waals surface area (Å²) in [6.07, 6.45) is -0.849. The minimum absolute atomic E-state index is 0.217. The molecule has 1 aliphatic heterocycles. The van der Waals surface area contributed by atoms with Crippen molar-refractivity contribution in [3.8, 4) is 5.75 Å². The van der Waals surface area contributed by atoms with Crippen LogP contribution in [0.25, 0.3) is 0 Å². The molecule has 0 radical (unpaired) electrons. The quantitative estimate of drug-likeness (QED) is 0.542. The third-order valence-corrected chi connectivity index (χ3v) is 4.96. The summed E-state index contributed by atoms with van der Waals surface area (Å²) in [4.78, 5) is 30.4. The lowest BCUT2D eigenvalue weighted by atomic mass is 10.1. The smallest absolute Gasteiger partial charge is 0.285 e. The lowest BCUT2D eigenvalue weighted by molar-refractivity contribution is -0.129. The first-order valence-corrected chi connectivity index (χ1v) is 9.56. The van der Waals surface area contributed by atoms with E-state index in [0.29, 0.717) is 17.4 Å². The van der Waals surface area contributed by atoms with Gasteiger partial charge in [0.25, 0.3) is 11.8 Å². The largest absolute Gasteiger partial charge is 0.489 e. The van der Waals surface area contributed by atoms with E-state index in [2.05, 4.69) is 0 Å². The standard InChI is InChI=1S/C24H20FNO4/c1-15-7-9-17(10-8-15)14-29-18-11-12-19(22(25)13-18)16(2)30-26-23(27)20-5-3-4-6-21(20)24(26)28/h3-13,16H,14H2,1-2H3. The molecule has 0 bridgehead atoms. The maximum Gasteiger partial charge on any atom is 0.285 e. The van der Waals surface area contributed by atoms with Crippen LogP contribution in [0, 0.1) is 12.7 Å². The fourth-order valence-electron chi connectivity index (χ4n) is 3.26. The number of carbonyl (C=O) groups is 2. The average molecular weight is 405 g/mol. The van der Waals surface area contributed by atoms with Crippen LogP contribution in [0.3, 0.4) is 0 Å². The number of fused-ring (bicyclic) bond motifs is 1. The van der Waals surface area contributed by atoms with E-state index in [0.717, 1.165) is 11.1 Å². The van der Waals surface area contributed by atoms with Crippen molar-refractivity contribution < 1.29 is 23.6 Å². The number of nitrogens with zero attached hydrogens (tertiary/aromatic N) is 1. The van der Waals surface area contributed by atoms with Crippen LogP contribution in [-0.4, -0.2) is 16.9 Å². The van der Waals surface area contributed by atoms with Crippen molar-refractivity contribution >= 4 is 11.8 Å².